The van der Waals surface area contributed by atoms with E-state index in [1.165, 1.54) is 11.3 Å². The summed E-state index contributed by atoms with van der Waals surface area (Å²) in [6, 6.07) is 7.86. The van der Waals surface area contributed by atoms with Crippen molar-refractivity contribution in [3.63, 3.8) is 0 Å². The molecule has 3 aromatic rings. The summed E-state index contributed by atoms with van der Waals surface area (Å²) in [4.78, 5) is 10.9. The third kappa shape index (κ3) is 3.20. The lowest BCUT2D eigenvalue weighted by Gasteiger charge is -2.37. The fourth-order valence-corrected chi connectivity index (χ4v) is 4.63. The van der Waals surface area contributed by atoms with Crippen LogP contribution >= 0.6 is 22.9 Å². The van der Waals surface area contributed by atoms with E-state index in [9.17, 15) is 5.11 Å². The second-order valence-electron chi connectivity index (χ2n) is 6.66. The van der Waals surface area contributed by atoms with Crippen molar-refractivity contribution in [2.45, 2.75) is 19.4 Å². The number of likely N-dealkylation sites (N-methyl/N-ethyl adjacent to an activating group) is 1. The van der Waals surface area contributed by atoms with Crippen molar-refractivity contribution in [3.05, 3.63) is 45.6 Å². The molecule has 0 spiro atoms. The summed E-state index contributed by atoms with van der Waals surface area (Å²) < 4.78 is 1.57. The third-order valence-corrected chi connectivity index (χ3v) is 6.22. The first-order valence-corrected chi connectivity index (χ1v) is 10.0. The lowest BCUT2D eigenvalue weighted by molar-refractivity contribution is 0.127. The maximum atomic E-state index is 10.9. The zero-order valence-electron chi connectivity index (χ0n) is 14.9. The molecule has 0 saturated carbocycles. The molecule has 0 radical (unpaired) electrons. The fraction of sp³-hybridized carbons (Fsp3) is 0.444. The molecule has 6 nitrogen and oxygen atoms in total. The molecule has 1 aliphatic heterocycles. The summed E-state index contributed by atoms with van der Waals surface area (Å²) in [6.07, 6.45) is 0.752. The highest BCUT2D eigenvalue weighted by Gasteiger charge is 2.31. The molecule has 26 heavy (non-hydrogen) atoms. The summed E-state index contributed by atoms with van der Waals surface area (Å²) in [7, 11) is 2.14. The van der Waals surface area contributed by atoms with Gasteiger partial charge in [-0.3, -0.25) is 4.90 Å². The van der Waals surface area contributed by atoms with Gasteiger partial charge in [-0.2, -0.15) is 4.52 Å². The Balaban J connectivity index is 1.78. The van der Waals surface area contributed by atoms with Crippen molar-refractivity contribution in [3.8, 4) is 5.88 Å². The number of aromatic hydroxyl groups is 1. The number of halogens is 1. The van der Waals surface area contributed by atoms with Crippen molar-refractivity contribution in [2.75, 3.05) is 33.2 Å². The number of piperazine rings is 1. The van der Waals surface area contributed by atoms with Gasteiger partial charge in [0.15, 0.2) is 5.82 Å². The summed E-state index contributed by atoms with van der Waals surface area (Å²) in [6.45, 7) is 5.91. The van der Waals surface area contributed by atoms with Crippen molar-refractivity contribution >= 4 is 27.9 Å². The number of thiazole rings is 1. The van der Waals surface area contributed by atoms with Crippen LogP contribution in [0, 0.1) is 0 Å². The smallest absolute Gasteiger partial charge is 0.230 e. The zero-order chi connectivity index (χ0) is 18.3. The van der Waals surface area contributed by atoms with Crippen LogP contribution < -0.4 is 0 Å². The summed E-state index contributed by atoms with van der Waals surface area (Å²) in [5, 5.41) is 16.0. The predicted molar refractivity (Wildman–Crippen MR) is 104 cm³/mol. The van der Waals surface area contributed by atoms with Gasteiger partial charge in [0, 0.05) is 37.6 Å². The van der Waals surface area contributed by atoms with Crippen LogP contribution in [0.5, 0.6) is 5.88 Å². The highest BCUT2D eigenvalue weighted by molar-refractivity contribution is 7.17. The maximum absolute atomic E-state index is 10.9. The highest BCUT2D eigenvalue weighted by Crippen LogP contribution is 2.40. The zero-order valence-corrected chi connectivity index (χ0v) is 16.5. The fourth-order valence-electron chi connectivity index (χ4n) is 3.37. The molecule has 8 heteroatoms. The van der Waals surface area contributed by atoms with Crippen molar-refractivity contribution < 1.29 is 5.11 Å². The molecule has 0 unspecified atom stereocenters. The molecule has 0 aliphatic carbocycles. The standard InChI is InChI=1S/C18H22ClN5OS/c1-3-14-20-18-24(21-14)17(25)16(26-18)15(12-4-6-13(19)7-5-12)23-10-8-22(2)9-11-23/h4-7,15,25H,3,8-11H2,1-2H3/t15-/m0/s1. The first-order valence-electron chi connectivity index (χ1n) is 8.82. The Morgan fingerprint density at radius 3 is 2.50 bits per heavy atom. The first-order chi connectivity index (χ1) is 12.6. The Morgan fingerprint density at radius 2 is 1.88 bits per heavy atom. The first kappa shape index (κ1) is 17.7. The molecule has 1 atom stereocenters. The van der Waals surface area contributed by atoms with Gasteiger partial charge in [0.25, 0.3) is 0 Å². The second-order valence-corrected chi connectivity index (χ2v) is 8.10. The molecule has 4 rings (SSSR count). The molecule has 3 heterocycles. The van der Waals surface area contributed by atoms with Gasteiger partial charge in [-0.05, 0) is 24.7 Å². The quantitative estimate of drug-likeness (QED) is 0.740. The van der Waals surface area contributed by atoms with E-state index in [2.05, 4.69) is 26.9 Å². The van der Waals surface area contributed by atoms with E-state index in [0.29, 0.717) is 5.02 Å². The van der Waals surface area contributed by atoms with Crippen molar-refractivity contribution in [2.24, 2.45) is 0 Å². The third-order valence-electron chi connectivity index (χ3n) is 4.90. The molecule has 1 saturated heterocycles. The molecule has 0 bridgehead atoms. The minimum absolute atomic E-state index is 0.0282. The van der Waals surface area contributed by atoms with Gasteiger partial charge in [0.05, 0.1) is 10.9 Å². The molecule has 1 fully saturated rings. The van der Waals surface area contributed by atoms with E-state index in [-0.39, 0.29) is 11.9 Å². The van der Waals surface area contributed by atoms with Gasteiger partial charge in [0.1, 0.15) is 0 Å². The van der Waals surface area contributed by atoms with Crippen LogP contribution in [0.1, 0.15) is 29.2 Å². The monoisotopic (exact) mass is 391 g/mol. The summed E-state index contributed by atoms with van der Waals surface area (Å²) in [5.41, 5.74) is 1.12. The van der Waals surface area contributed by atoms with Crippen molar-refractivity contribution in [1.82, 2.24) is 24.4 Å². The van der Waals surface area contributed by atoms with Gasteiger partial charge < -0.3 is 10.0 Å². The number of aromatic nitrogens is 3. The van der Waals surface area contributed by atoms with Gasteiger partial charge in [0.2, 0.25) is 10.8 Å². The van der Waals surface area contributed by atoms with Crippen LogP contribution in [0.25, 0.3) is 4.96 Å². The van der Waals surface area contributed by atoms with E-state index in [0.717, 1.165) is 53.8 Å². The van der Waals surface area contributed by atoms with Gasteiger partial charge in [-0.25, -0.2) is 4.98 Å². The van der Waals surface area contributed by atoms with E-state index in [1.54, 1.807) is 4.52 Å². The average Bonchev–Trinajstić information content (AvgIpc) is 3.18. The average molecular weight is 392 g/mol. The maximum Gasteiger partial charge on any atom is 0.230 e. The topological polar surface area (TPSA) is 56.9 Å². The SMILES string of the molecule is CCc1nc2sc([C@H](c3ccc(Cl)cc3)N3CCN(C)CC3)c(O)n2n1. The minimum atomic E-state index is -0.0282. The number of benzene rings is 1. The number of hydrogen-bond acceptors (Lipinski definition) is 6. The Labute approximate surface area is 161 Å². The molecule has 2 aromatic heterocycles. The second kappa shape index (κ2) is 7.15. The van der Waals surface area contributed by atoms with Gasteiger partial charge in [-0.15, -0.1) is 5.10 Å². The lowest BCUT2D eigenvalue weighted by atomic mass is 10.0. The van der Waals surface area contributed by atoms with Crippen LogP contribution in [0.15, 0.2) is 24.3 Å². The normalized spacial score (nSPS) is 17.8. The largest absolute Gasteiger partial charge is 0.492 e. The van der Waals surface area contributed by atoms with Gasteiger partial charge >= 0.3 is 0 Å². The Bertz CT molecular complexity index is 898. The Hall–Kier alpha value is -1.67. The molecule has 0 amide bonds. The van der Waals surface area contributed by atoms with Crippen LogP contribution in [0.4, 0.5) is 0 Å². The molecule has 1 aromatic carbocycles. The number of rotatable bonds is 4. The molecule has 1 aliphatic rings. The number of hydrogen-bond donors (Lipinski definition) is 1. The van der Waals surface area contributed by atoms with Crippen LogP contribution in [0.2, 0.25) is 5.02 Å². The van der Waals surface area contributed by atoms with E-state index >= 15 is 0 Å². The van der Waals surface area contributed by atoms with Crippen molar-refractivity contribution in [1.29, 1.82) is 0 Å². The summed E-state index contributed by atoms with van der Waals surface area (Å²) in [5.74, 6) is 0.941. The van der Waals surface area contributed by atoms with Crippen LogP contribution in [0.3, 0.4) is 0 Å². The highest BCUT2D eigenvalue weighted by atomic mass is 35.5. The Morgan fingerprint density at radius 1 is 1.19 bits per heavy atom. The summed E-state index contributed by atoms with van der Waals surface area (Å²) >= 11 is 7.60. The number of aryl methyl sites for hydroxylation is 1. The van der Waals surface area contributed by atoms with Crippen LogP contribution in [-0.2, 0) is 6.42 Å². The molecular formula is C18H22ClN5OS. The predicted octanol–water partition coefficient (Wildman–Crippen LogP) is 3.05. The van der Waals surface area contributed by atoms with E-state index < -0.39 is 0 Å². The Kier molecular flexibility index (Phi) is 4.88. The lowest BCUT2D eigenvalue weighted by Crippen LogP contribution is -2.46. The molecule has 1 N–H and O–H groups in total. The van der Waals surface area contributed by atoms with E-state index in [1.807, 2.05) is 31.2 Å². The van der Waals surface area contributed by atoms with Gasteiger partial charge in [-0.1, -0.05) is 42.0 Å². The number of nitrogens with zero attached hydrogens (tertiary/aromatic N) is 5. The molecule has 138 valence electrons. The minimum Gasteiger partial charge on any atom is -0.492 e. The number of fused-ring (bicyclic) bond motifs is 1. The van der Waals surface area contributed by atoms with Crippen LogP contribution in [-0.4, -0.2) is 62.7 Å². The molecular weight excluding hydrogens is 370 g/mol. The van der Waals surface area contributed by atoms with E-state index in [4.69, 9.17) is 11.6 Å².